The molecule has 0 aliphatic heterocycles. The molecule has 1 amide bonds. The molecule has 6 nitrogen and oxygen atoms in total. The maximum absolute atomic E-state index is 12.1. The van der Waals surface area contributed by atoms with E-state index < -0.39 is 0 Å². The second-order valence-corrected chi connectivity index (χ2v) is 5.45. The van der Waals surface area contributed by atoms with Gasteiger partial charge in [-0.2, -0.15) is 5.10 Å². The van der Waals surface area contributed by atoms with Crippen LogP contribution in [0.5, 0.6) is 5.88 Å². The number of nitrogens with zero attached hydrogens (tertiary/aromatic N) is 3. The fraction of sp³-hybridized carbons (Fsp3) is 0.211. The van der Waals surface area contributed by atoms with Crippen molar-refractivity contribution in [2.45, 2.75) is 13.3 Å². The van der Waals surface area contributed by atoms with Gasteiger partial charge in [0.15, 0.2) is 0 Å². The first kappa shape index (κ1) is 16.7. The zero-order chi connectivity index (χ0) is 17.5. The number of hydrogen-bond acceptors (Lipinski definition) is 4. The molecule has 0 aliphatic rings. The van der Waals surface area contributed by atoms with Crippen molar-refractivity contribution < 1.29 is 9.53 Å². The summed E-state index contributed by atoms with van der Waals surface area (Å²) in [5, 5.41) is 7.24. The van der Waals surface area contributed by atoms with Gasteiger partial charge >= 0.3 is 0 Å². The number of nitrogens with one attached hydrogen (secondary N) is 1. The molecule has 0 aliphatic carbocycles. The average molecular weight is 336 g/mol. The van der Waals surface area contributed by atoms with Crippen LogP contribution in [-0.2, 0) is 6.42 Å². The SMILES string of the molecule is CCOc1ccc(C(=O)NCCc2cnn(-c3ccccc3)c2)cn1. The number of hydrogen-bond donors (Lipinski definition) is 1. The number of carbonyl (C=O) groups excluding carboxylic acids is 1. The second-order valence-electron chi connectivity index (χ2n) is 5.45. The van der Waals surface area contributed by atoms with Crippen molar-refractivity contribution >= 4 is 5.91 Å². The van der Waals surface area contributed by atoms with Crippen LogP contribution in [0.15, 0.2) is 61.1 Å². The van der Waals surface area contributed by atoms with Crippen LogP contribution in [0.1, 0.15) is 22.8 Å². The van der Waals surface area contributed by atoms with Crippen LogP contribution >= 0.6 is 0 Å². The Bertz CT molecular complexity index is 813. The van der Waals surface area contributed by atoms with Crippen LogP contribution in [0.25, 0.3) is 5.69 Å². The summed E-state index contributed by atoms with van der Waals surface area (Å²) in [7, 11) is 0. The first-order chi connectivity index (χ1) is 12.3. The smallest absolute Gasteiger partial charge is 0.252 e. The van der Waals surface area contributed by atoms with Crippen molar-refractivity contribution in [3.8, 4) is 11.6 Å². The Kier molecular flexibility index (Phi) is 5.41. The lowest BCUT2D eigenvalue weighted by Crippen LogP contribution is -2.25. The highest BCUT2D eigenvalue weighted by molar-refractivity contribution is 5.93. The van der Waals surface area contributed by atoms with Gasteiger partial charge in [-0.05, 0) is 37.1 Å². The number of ether oxygens (including phenoxy) is 1. The van der Waals surface area contributed by atoms with Gasteiger partial charge in [0.2, 0.25) is 5.88 Å². The lowest BCUT2D eigenvalue weighted by molar-refractivity contribution is 0.0953. The van der Waals surface area contributed by atoms with Crippen molar-refractivity contribution in [3.05, 3.63) is 72.2 Å². The van der Waals surface area contributed by atoms with Gasteiger partial charge in [0.25, 0.3) is 5.91 Å². The molecule has 128 valence electrons. The van der Waals surface area contributed by atoms with E-state index in [1.54, 1.807) is 12.1 Å². The van der Waals surface area contributed by atoms with Crippen LogP contribution in [-0.4, -0.2) is 33.8 Å². The third-order valence-corrected chi connectivity index (χ3v) is 3.65. The third kappa shape index (κ3) is 4.44. The summed E-state index contributed by atoms with van der Waals surface area (Å²) in [6.45, 7) is 2.98. The molecule has 0 bridgehead atoms. The molecule has 25 heavy (non-hydrogen) atoms. The summed E-state index contributed by atoms with van der Waals surface area (Å²) < 4.78 is 7.09. The van der Waals surface area contributed by atoms with Gasteiger partial charge in [0.05, 0.1) is 24.1 Å². The van der Waals surface area contributed by atoms with Crippen molar-refractivity contribution in [2.75, 3.05) is 13.2 Å². The van der Waals surface area contributed by atoms with Crippen LogP contribution in [0.2, 0.25) is 0 Å². The van der Waals surface area contributed by atoms with Gasteiger partial charge in [-0.1, -0.05) is 18.2 Å². The predicted octanol–water partition coefficient (Wildman–Crippen LogP) is 2.64. The normalized spacial score (nSPS) is 10.4. The minimum absolute atomic E-state index is 0.147. The van der Waals surface area contributed by atoms with Crippen molar-refractivity contribution in [3.63, 3.8) is 0 Å². The second kappa shape index (κ2) is 8.10. The molecule has 6 heteroatoms. The van der Waals surface area contributed by atoms with Crippen molar-refractivity contribution in [2.24, 2.45) is 0 Å². The Morgan fingerprint density at radius 3 is 2.72 bits per heavy atom. The van der Waals surface area contributed by atoms with E-state index in [0.29, 0.717) is 31.0 Å². The Morgan fingerprint density at radius 2 is 2.00 bits per heavy atom. The maximum atomic E-state index is 12.1. The fourth-order valence-electron chi connectivity index (χ4n) is 2.38. The highest BCUT2D eigenvalue weighted by Crippen LogP contribution is 2.09. The number of rotatable bonds is 7. The van der Waals surface area contributed by atoms with E-state index in [9.17, 15) is 4.79 Å². The minimum atomic E-state index is -0.147. The Labute approximate surface area is 146 Å². The molecule has 0 atom stereocenters. The number of benzene rings is 1. The highest BCUT2D eigenvalue weighted by atomic mass is 16.5. The van der Waals surface area contributed by atoms with E-state index >= 15 is 0 Å². The number of para-hydroxylation sites is 1. The highest BCUT2D eigenvalue weighted by Gasteiger charge is 2.07. The van der Waals surface area contributed by atoms with Crippen molar-refractivity contribution in [1.82, 2.24) is 20.1 Å². The Balaban J connectivity index is 1.51. The summed E-state index contributed by atoms with van der Waals surface area (Å²) in [6.07, 6.45) is 6.02. The Hall–Kier alpha value is -3.15. The number of carbonyl (C=O) groups is 1. The third-order valence-electron chi connectivity index (χ3n) is 3.65. The fourth-order valence-corrected chi connectivity index (χ4v) is 2.38. The maximum Gasteiger partial charge on any atom is 0.252 e. The van der Waals surface area contributed by atoms with Gasteiger partial charge in [-0.25, -0.2) is 9.67 Å². The first-order valence-corrected chi connectivity index (χ1v) is 8.22. The van der Waals surface area contributed by atoms with Crippen LogP contribution < -0.4 is 10.1 Å². The van der Waals surface area contributed by atoms with Gasteiger partial charge in [0.1, 0.15) is 0 Å². The number of aromatic nitrogens is 3. The molecule has 0 fully saturated rings. The molecule has 3 rings (SSSR count). The molecule has 0 spiro atoms. The van der Waals surface area contributed by atoms with E-state index in [1.165, 1.54) is 6.20 Å². The summed E-state index contributed by atoms with van der Waals surface area (Å²) >= 11 is 0. The summed E-state index contributed by atoms with van der Waals surface area (Å²) in [5.41, 5.74) is 2.59. The summed E-state index contributed by atoms with van der Waals surface area (Å²) in [5.74, 6) is 0.373. The molecule has 3 aromatic rings. The van der Waals surface area contributed by atoms with Gasteiger partial charge < -0.3 is 10.1 Å². The van der Waals surface area contributed by atoms with Gasteiger partial charge in [-0.15, -0.1) is 0 Å². The molecule has 1 aromatic carbocycles. The summed E-state index contributed by atoms with van der Waals surface area (Å²) in [6, 6.07) is 13.3. The molecule has 2 aromatic heterocycles. The molecule has 0 unspecified atom stereocenters. The standard InChI is InChI=1S/C19H20N4O2/c1-2-25-18-9-8-16(13-21-18)19(24)20-11-10-15-12-22-23(14-15)17-6-4-3-5-7-17/h3-9,12-14H,2,10-11H2,1H3,(H,20,24). The van der Waals surface area contributed by atoms with E-state index in [4.69, 9.17) is 4.74 Å². The lowest BCUT2D eigenvalue weighted by atomic mass is 10.2. The monoisotopic (exact) mass is 336 g/mol. The Morgan fingerprint density at radius 1 is 1.16 bits per heavy atom. The zero-order valence-electron chi connectivity index (χ0n) is 14.1. The van der Waals surface area contributed by atoms with Gasteiger partial charge in [-0.3, -0.25) is 4.79 Å². The molecule has 0 radical (unpaired) electrons. The average Bonchev–Trinajstić information content (AvgIpc) is 3.12. The minimum Gasteiger partial charge on any atom is -0.478 e. The number of pyridine rings is 1. The van der Waals surface area contributed by atoms with Crippen molar-refractivity contribution in [1.29, 1.82) is 0 Å². The number of amides is 1. The van der Waals surface area contributed by atoms with E-state index in [2.05, 4.69) is 15.4 Å². The molecular weight excluding hydrogens is 316 g/mol. The van der Waals surface area contributed by atoms with Gasteiger partial charge in [0, 0.05) is 25.0 Å². The van der Waals surface area contributed by atoms with E-state index in [-0.39, 0.29) is 5.91 Å². The topological polar surface area (TPSA) is 69.0 Å². The molecule has 2 heterocycles. The molecule has 1 N–H and O–H groups in total. The molecule has 0 saturated carbocycles. The van der Waals surface area contributed by atoms with Crippen LogP contribution in [0.3, 0.4) is 0 Å². The van der Waals surface area contributed by atoms with E-state index in [1.807, 2.05) is 54.3 Å². The molecule has 0 saturated heterocycles. The lowest BCUT2D eigenvalue weighted by Gasteiger charge is -2.05. The van der Waals surface area contributed by atoms with Crippen LogP contribution in [0, 0.1) is 0 Å². The largest absolute Gasteiger partial charge is 0.478 e. The van der Waals surface area contributed by atoms with Crippen LogP contribution in [0.4, 0.5) is 0 Å². The van der Waals surface area contributed by atoms with E-state index in [0.717, 1.165) is 11.3 Å². The predicted molar refractivity (Wildman–Crippen MR) is 95.0 cm³/mol. The quantitative estimate of drug-likeness (QED) is 0.720. The molecular formula is C19H20N4O2. The zero-order valence-corrected chi connectivity index (χ0v) is 14.1. The summed E-state index contributed by atoms with van der Waals surface area (Å²) in [4.78, 5) is 16.2. The first-order valence-electron chi connectivity index (χ1n) is 8.22.